The third-order valence-electron chi connectivity index (χ3n) is 4.83. The van der Waals surface area contributed by atoms with Crippen LogP contribution in [0.1, 0.15) is 110 Å². The lowest BCUT2D eigenvalue weighted by Gasteiger charge is -2.14. The molecular weight excluding hydrogens is 377 g/mol. The van der Waals surface area contributed by atoms with Crippen molar-refractivity contribution in [3.8, 4) is 23.7 Å². The Balaban J connectivity index is 3.57. The number of carbonyl (C=O) groups is 1. The van der Waals surface area contributed by atoms with Crippen LogP contribution in [0.25, 0.3) is 0 Å². The Bertz CT molecular complexity index is 532. The highest BCUT2D eigenvalue weighted by atomic mass is 19.4. The zero-order valence-corrected chi connectivity index (χ0v) is 17.9. The number of hydrogen-bond acceptors (Lipinski definition) is 1. The van der Waals surface area contributed by atoms with Gasteiger partial charge in [-0.05, 0) is 31.1 Å². The van der Waals surface area contributed by atoms with Gasteiger partial charge in [-0.25, -0.2) is 0 Å². The summed E-state index contributed by atoms with van der Waals surface area (Å²) in [6.45, 7) is 2.22. The molecule has 0 aromatic carbocycles. The first kappa shape index (κ1) is 27.4. The van der Waals surface area contributed by atoms with Crippen molar-refractivity contribution in [2.75, 3.05) is 0 Å². The fourth-order valence-electron chi connectivity index (χ4n) is 3.11. The third kappa shape index (κ3) is 20.9. The third-order valence-corrected chi connectivity index (χ3v) is 4.83. The number of hydrogen-bond donors (Lipinski definition) is 1. The van der Waals surface area contributed by atoms with Gasteiger partial charge in [0.05, 0.1) is 12.3 Å². The first-order valence-corrected chi connectivity index (χ1v) is 11.1. The van der Waals surface area contributed by atoms with E-state index in [1.165, 1.54) is 38.5 Å². The van der Waals surface area contributed by atoms with E-state index < -0.39 is 24.5 Å². The van der Waals surface area contributed by atoms with Gasteiger partial charge < -0.3 is 5.11 Å². The average molecular weight is 415 g/mol. The maximum absolute atomic E-state index is 12.3. The summed E-state index contributed by atoms with van der Waals surface area (Å²) in [5, 5.41) is 8.85. The minimum Gasteiger partial charge on any atom is -0.481 e. The quantitative estimate of drug-likeness (QED) is 0.209. The van der Waals surface area contributed by atoms with E-state index in [0.29, 0.717) is 6.42 Å². The first-order chi connectivity index (χ1) is 13.9. The summed E-state index contributed by atoms with van der Waals surface area (Å²) in [5.41, 5.74) is 0. The second-order valence-corrected chi connectivity index (χ2v) is 7.64. The second-order valence-electron chi connectivity index (χ2n) is 7.64. The molecule has 1 unspecified atom stereocenters. The van der Waals surface area contributed by atoms with Gasteiger partial charge in [-0.3, -0.25) is 4.79 Å². The molecule has 0 aliphatic carbocycles. The summed E-state index contributed by atoms with van der Waals surface area (Å²) >= 11 is 0. The van der Waals surface area contributed by atoms with E-state index in [0.717, 1.165) is 44.9 Å². The monoisotopic (exact) mass is 414 g/mol. The lowest BCUT2D eigenvalue weighted by Crippen LogP contribution is -2.22. The van der Waals surface area contributed by atoms with Crippen LogP contribution >= 0.6 is 0 Å². The van der Waals surface area contributed by atoms with E-state index in [1.54, 1.807) is 0 Å². The standard InChI is InChI=1S/C24H37F3O2/c1-2-3-4-5-6-7-8-9-10-11-12-13-14-15-16-17-18-19-20-22(23(28)29)21-24(25,26)27/h22H,2-9,14-21H2,1H3,(H,28,29). The number of halogens is 3. The highest BCUT2D eigenvalue weighted by Crippen LogP contribution is 2.28. The van der Waals surface area contributed by atoms with E-state index >= 15 is 0 Å². The van der Waals surface area contributed by atoms with Crippen molar-refractivity contribution < 1.29 is 23.1 Å². The van der Waals surface area contributed by atoms with Gasteiger partial charge in [0.25, 0.3) is 0 Å². The zero-order valence-electron chi connectivity index (χ0n) is 17.9. The largest absolute Gasteiger partial charge is 0.481 e. The van der Waals surface area contributed by atoms with Crippen LogP contribution in [0.5, 0.6) is 0 Å². The maximum Gasteiger partial charge on any atom is 0.389 e. The Labute approximate surface area is 175 Å². The summed E-state index contributed by atoms with van der Waals surface area (Å²) < 4.78 is 36.9. The normalized spacial score (nSPS) is 11.9. The predicted molar refractivity (Wildman–Crippen MR) is 112 cm³/mol. The molecule has 0 aromatic heterocycles. The molecule has 0 rings (SSSR count). The molecule has 0 amide bonds. The van der Waals surface area contributed by atoms with Crippen LogP contribution in [-0.2, 0) is 4.79 Å². The van der Waals surface area contributed by atoms with Gasteiger partial charge >= 0.3 is 12.1 Å². The summed E-state index contributed by atoms with van der Waals surface area (Å²) in [6.07, 6.45) is 9.16. The molecule has 1 N–H and O–H groups in total. The van der Waals surface area contributed by atoms with E-state index in [4.69, 9.17) is 5.11 Å². The van der Waals surface area contributed by atoms with E-state index in [1.807, 2.05) is 0 Å². The molecule has 0 saturated heterocycles. The van der Waals surface area contributed by atoms with E-state index in [9.17, 15) is 18.0 Å². The summed E-state index contributed by atoms with van der Waals surface area (Å²) in [7, 11) is 0. The Kier molecular flexibility index (Phi) is 17.4. The SMILES string of the molecule is CCCCCCCCCC#CC#CCCCCCCCC(CC(F)(F)F)C(=O)O. The Morgan fingerprint density at radius 1 is 0.793 bits per heavy atom. The molecule has 0 radical (unpaired) electrons. The smallest absolute Gasteiger partial charge is 0.389 e. The lowest BCUT2D eigenvalue weighted by atomic mass is 9.97. The number of alkyl halides is 3. The summed E-state index contributed by atoms with van der Waals surface area (Å²) in [6, 6.07) is 0. The topological polar surface area (TPSA) is 37.3 Å². The van der Waals surface area contributed by atoms with Gasteiger partial charge in [-0.15, -0.1) is 0 Å². The fraction of sp³-hybridized carbons (Fsp3) is 0.792. The van der Waals surface area contributed by atoms with Crippen LogP contribution in [0.15, 0.2) is 0 Å². The molecule has 0 bridgehead atoms. The molecule has 2 nitrogen and oxygen atoms in total. The molecule has 0 saturated carbocycles. The molecule has 0 fully saturated rings. The van der Waals surface area contributed by atoms with Gasteiger partial charge in [-0.1, -0.05) is 83.0 Å². The number of carboxylic acids is 1. The molecule has 0 aliphatic heterocycles. The minimum absolute atomic E-state index is 0.0863. The van der Waals surface area contributed by atoms with E-state index in [-0.39, 0.29) is 6.42 Å². The van der Waals surface area contributed by atoms with Crippen LogP contribution in [0.2, 0.25) is 0 Å². The Morgan fingerprint density at radius 2 is 1.24 bits per heavy atom. The lowest BCUT2D eigenvalue weighted by molar-refractivity contribution is -0.164. The Morgan fingerprint density at radius 3 is 1.69 bits per heavy atom. The molecule has 166 valence electrons. The van der Waals surface area contributed by atoms with Crippen LogP contribution in [-0.4, -0.2) is 17.3 Å². The molecule has 1 atom stereocenters. The van der Waals surface area contributed by atoms with Crippen LogP contribution in [0.3, 0.4) is 0 Å². The fourth-order valence-corrected chi connectivity index (χ4v) is 3.11. The maximum atomic E-state index is 12.3. The van der Waals surface area contributed by atoms with Crippen molar-refractivity contribution in [3.63, 3.8) is 0 Å². The van der Waals surface area contributed by atoms with Gasteiger partial charge in [0.2, 0.25) is 0 Å². The molecule has 29 heavy (non-hydrogen) atoms. The van der Waals surface area contributed by atoms with Crippen molar-refractivity contribution >= 4 is 5.97 Å². The van der Waals surface area contributed by atoms with E-state index in [2.05, 4.69) is 30.6 Å². The highest BCUT2D eigenvalue weighted by Gasteiger charge is 2.34. The van der Waals surface area contributed by atoms with Crippen molar-refractivity contribution in [1.29, 1.82) is 0 Å². The van der Waals surface area contributed by atoms with Crippen molar-refractivity contribution in [2.45, 2.75) is 116 Å². The number of unbranched alkanes of at least 4 members (excludes halogenated alkanes) is 12. The van der Waals surface area contributed by atoms with Crippen LogP contribution < -0.4 is 0 Å². The number of aliphatic carboxylic acids is 1. The summed E-state index contributed by atoms with van der Waals surface area (Å²) in [5.74, 6) is 9.21. The molecular formula is C24H37F3O2. The average Bonchev–Trinajstić information content (AvgIpc) is 2.65. The molecule has 0 spiro atoms. The van der Waals surface area contributed by atoms with Crippen LogP contribution in [0.4, 0.5) is 13.2 Å². The van der Waals surface area contributed by atoms with Gasteiger partial charge in [0.15, 0.2) is 0 Å². The number of rotatable bonds is 16. The molecule has 0 heterocycles. The first-order valence-electron chi connectivity index (χ1n) is 11.1. The molecule has 5 heteroatoms. The van der Waals surface area contributed by atoms with Crippen LogP contribution in [0, 0.1) is 29.6 Å². The summed E-state index contributed by atoms with van der Waals surface area (Å²) in [4.78, 5) is 10.9. The van der Waals surface area contributed by atoms with Crippen molar-refractivity contribution in [3.05, 3.63) is 0 Å². The minimum atomic E-state index is -4.42. The Hall–Kier alpha value is -1.62. The molecule has 0 aromatic rings. The van der Waals surface area contributed by atoms with Gasteiger partial charge in [0, 0.05) is 12.8 Å². The zero-order chi connectivity index (χ0) is 21.8. The second kappa shape index (κ2) is 18.4. The predicted octanol–water partition coefficient (Wildman–Crippen LogP) is 7.52. The van der Waals surface area contributed by atoms with Crippen molar-refractivity contribution in [1.82, 2.24) is 0 Å². The van der Waals surface area contributed by atoms with Gasteiger partial charge in [-0.2, -0.15) is 13.2 Å². The van der Waals surface area contributed by atoms with Gasteiger partial charge in [0.1, 0.15) is 0 Å². The van der Waals surface area contributed by atoms with Crippen molar-refractivity contribution in [2.24, 2.45) is 5.92 Å². The molecule has 0 aliphatic rings. The highest BCUT2D eigenvalue weighted by molar-refractivity contribution is 5.69. The number of carboxylic acid groups (broad SMARTS) is 1.